The lowest BCUT2D eigenvalue weighted by Gasteiger charge is -2.32. The molecule has 0 radical (unpaired) electrons. The van der Waals surface area contributed by atoms with E-state index in [0.29, 0.717) is 17.6 Å². The van der Waals surface area contributed by atoms with Gasteiger partial charge in [0.05, 0.1) is 5.56 Å². The fourth-order valence-corrected chi connectivity index (χ4v) is 1.43. The van der Waals surface area contributed by atoms with Crippen molar-refractivity contribution in [3.8, 4) is 5.88 Å². The summed E-state index contributed by atoms with van der Waals surface area (Å²) in [6.07, 6.45) is 2.19. The van der Waals surface area contributed by atoms with Gasteiger partial charge < -0.3 is 9.64 Å². The Morgan fingerprint density at radius 3 is 2.53 bits per heavy atom. The maximum Gasteiger partial charge on any atom is 0.221 e. The Morgan fingerprint density at radius 2 is 2.00 bits per heavy atom. The van der Waals surface area contributed by atoms with Crippen molar-refractivity contribution in [1.82, 2.24) is 14.9 Å². The summed E-state index contributed by atoms with van der Waals surface area (Å²) < 4.78 is 5.76. The maximum absolute atomic E-state index is 6.00. The summed E-state index contributed by atoms with van der Waals surface area (Å²) >= 11 is 6.00. The number of halogens is 1. The van der Waals surface area contributed by atoms with E-state index in [0.717, 1.165) is 12.0 Å². The van der Waals surface area contributed by atoms with Gasteiger partial charge in [-0.3, -0.25) is 0 Å². The van der Waals surface area contributed by atoms with E-state index in [-0.39, 0.29) is 5.54 Å². The molecular formula is C12H20ClN3O. The highest BCUT2D eigenvalue weighted by molar-refractivity contribution is 6.30. The molecule has 96 valence electrons. The van der Waals surface area contributed by atoms with Gasteiger partial charge in [0, 0.05) is 5.54 Å². The minimum absolute atomic E-state index is 0.0531. The molecule has 0 aliphatic heterocycles. The largest absolute Gasteiger partial charge is 0.475 e. The molecule has 0 aromatic carbocycles. The molecule has 1 heterocycles. The first-order chi connectivity index (χ1) is 7.88. The van der Waals surface area contributed by atoms with Crippen LogP contribution < -0.4 is 4.74 Å². The van der Waals surface area contributed by atoms with Crippen molar-refractivity contribution in [3.05, 3.63) is 17.0 Å². The molecule has 4 nitrogen and oxygen atoms in total. The minimum atomic E-state index is -0.0531. The molecular weight excluding hydrogens is 238 g/mol. The minimum Gasteiger partial charge on any atom is -0.475 e. The molecule has 5 heteroatoms. The lowest BCUT2D eigenvalue weighted by atomic mass is 10.1. The quantitative estimate of drug-likeness (QED) is 0.760. The molecule has 1 aromatic heterocycles. The van der Waals surface area contributed by atoms with Crippen LogP contribution in [0.4, 0.5) is 0 Å². The Kier molecular flexibility index (Phi) is 4.71. The fraction of sp³-hybridized carbons (Fsp3) is 0.667. The zero-order chi connectivity index (χ0) is 13.1. The molecule has 1 aromatic rings. The van der Waals surface area contributed by atoms with E-state index >= 15 is 0 Å². The van der Waals surface area contributed by atoms with Crippen LogP contribution in [0.1, 0.15) is 26.3 Å². The van der Waals surface area contributed by atoms with Crippen molar-refractivity contribution >= 4 is 11.6 Å². The van der Waals surface area contributed by atoms with Crippen molar-refractivity contribution in [2.45, 2.75) is 32.7 Å². The Morgan fingerprint density at radius 1 is 1.35 bits per heavy atom. The fourth-order valence-electron chi connectivity index (χ4n) is 1.17. The summed E-state index contributed by atoms with van der Waals surface area (Å²) in [6, 6.07) is 0. The van der Waals surface area contributed by atoms with Crippen molar-refractivity contribution < 1.29 is 4.74 Å². The first-order valence-corrected chi connectivity index (χ1v) is 6.06. The predicted molar refractivity (Wildman–Crippen MR) is 69.7 cm³/mol. The van der Waals surface area contributed by atoms with Crippen LogP contribution in [0.15, 0.2) is 6.33 Å². The number of aromatic nitrogens is 2. The average Bonchev–Trinajstić information content (AvgIpc) is 2.26. The molecule has 0 amide bonds. The van der Waals surface area contributed by atoms with Gasteiger partial charge in [-0.05, 0) is 34.4 Å². The molecule has 0 fully saturated rings. The van der Waals surface area contributed by atoms with Crippen molar-refractivity contribution in [2.24, 2.45) is 0 Å². The van der Waals surface area contributed by atoms with Crippen molar-refractivity contribution in [1.29, 1.82) is 0 Å². The molecule has 0 aliphatic carbocycles. The third-order valence-electron chi connectivity index (χ3n) is 2.98. The van der Waals surface area contributed by atoms with Crippen molar-refractivity contribution in [3.63, 3.8) is 0 Å². The predicted octanol–water partition coefficient (Wildman–Crippen LogP) is 2.41. The van der Waals surface area contributed by atoms with Crippen LogP contribution in [0, 0.1) is 0 Å². The smallest absolute Gasteiger partial charge is 0.221 e. The Balaban J connectivity index is 2.79. The first kappa shape index (κ1) is 14.2. The molecule has 0 saturated carbocycles. The second-order valence-corrected chi connectivity index (χ2v) is 5.16. The molecule has 17 heavy (non-hydrogen) atoms. The van der Waals surface area contributed by atoms with Crippen LogP contribution in [0.2, 0.25) is 5.15 Å². The Hall–Kier alpha value is -0.870. The number of hydrogen-bond donors (Lipinski definition) is 0. The van der Waals surface area contributed by atoms with E-state index in [1.165, 1.54) is 6.33 Å². The highest BCUT2D eigenvalue weighted by atomic mass is 35.5. The molecule has 0 saturated heterocycles. The van der Waals surface area contributed by atoms with Gasteiger partial charge in [0.15, 0.2) is 0 Å². The van der Waals surface area contributed by atoms with E-state index in [4.69, 9.17) is 16.3 Å². The van der Waals surface area contributed by atoms with Crippen LogP contribution in [-0.2, 0) is 6.42 Å². The molecule has 0 spiro atoms. The van der Waals surface area contributed by atoms with Crippen molar-refractivity contribution in [2.75, 3.05) is 20.7 Å². The van der Waals surface area contributed by atoms with Gasteiger partial charge in [0.25, 0.3) is 0 Å². The van der Waals surface area contributed by atoms with Gasteiger partial charge in [-0.15, -0.1) is 0 Å². The summed E-state index contributed by atoms with van der Waals surface area (Å²) in [7, 11) is 4.05. The van der Waals surface area contributed by atoms with Gasteiger partial charge in [0.2, 0.25) is 5.88 Å². The third kappa shape index (κ3) is 3.54. The number of hydrogen-bond acceptors (Lipinski definition) is 4. The summed E-state index contributed by atoms with van der Waals surface area (Å²) in [5, 5.41) is 0.472. The highest BCUT2D eigenvalue weighted by Gasteiger charge is 2.22. The number of nitrogens with zero attached hydrogens (tertiary/aromatic N) is 3. The Labute approximate surface area is 108 Å². The van der Waals surface area contributed by atoms with Crippen LogP contribution in [0.25, 0.3) is 0 Å². The second kappa shape index (κ2) is 5.65. The molecule has 1 rings (SSSR count). The van der Waals surface area contributed by atoms with Crippen LogP contribution in [0.5, 0.6) is 5.88 Å². The first-order valence-electron chi connectivity index (χ1n) is 5.68. The van der Waals surface area contributed by atoms with Gasteiger partial charge in [0.1, 0.15) is 18.1 Å². The molecule has 0 bridgehead atoms. The SMILES string of the molecule is CCc1c(Cl)ncnc1OCC(C)(C)N(C)C. The number of rotatable bonds is 5. The molecule has 0 aliphatic rings. The average molecular weight is 258 g/mol. The van der Waals surface area contributed by atoms with E-state index in [2.05, 4.69) is 28.7 Å². The van der Waals surface area contributed by atoms with Crippen LogP contribution in [0.3, 0.4) is 0 Å². The Bertz CT molecular complexity index is 380. The third-order valence-corrected chi connectivity index (χ3v) is 3.31. The van der Waals surface area contributed by atoms with Gasteiger partial charge >= 0.3 is 0 Å². The topological polar surface area (TPSA) is 38.3 Å². The summed E-state index contributed by atoms with van der Waals surface area (Å²) in [4.78, 5) is 10.2. The second-order valence-electron chi connectivity index (χ2n) is 4.80. The summed E-state index contributed by atoms with van der Waals surface area (Å²) in [6.45, 7) is 6.79. The van der Waals surface area contributed by atoms with Crippen LogP contribution >= 0.6 is 11.6 Å². The molecule has 0 N–H and O–H groups in total. The maximum atomic E-state index is 6.00. The normalized spacial score (nSPS) is 11.9. The number of ether oxygens (including phenoxy) is 1. The monoisotopic (exact) mass is 257 g/mol. The lowest BCUT2D eigenvalue weighted by Crippen LogP contribution is -2.43. The number of likely N-dealkylation sites (N-methyl/N-ethyl adjacent to an activating group) is 1. The van der Waals surface area contributed by atoms with E-state index in [9.17, 15) is 0 Å². The van der Waals surface area contributed by atoms with E-state index in [1.54, 1.807) is 0 Å². The molecule has 0 atom stereocenters. The zero-order valence-corrected chi connectivity index (χ0v) is 11.9. The summed E-state index contributed by atoms with van der Waals surface area (Å²) in [5.74, 6) is 0.586. The summed E-state index contributed by atoms with van der Waals surface area (Å²) in [5.41, 5.74) is 0.811. The standard InChI is InChI=1S/C12H20ClN3O/c1-6-9-10(13)14-8-15-11(9)17-7-12(2,3)16(4)5/h8H,6-7H2,1-5H3. The van der Waals surface area contributed by atoms with Crippen LogP contribution in [-0.4, -0.2) is 41.1 Å². The molecule has 0 unspecified atom stereocenters. The highest BCUT2D eigenvalue weighted by Crippen LogP contribution is 2.23. The zero-order valence-electron chi connectivity index (χ0n) is 11.1. The van der Waals surface area contributed by atoms with Gasteiger partial charge in [-0.2, -0.15) is 0 Å². The van der Waals surface area contributed by atoms with E-state index < -0.39 is 0 Å². The van der Waals surface area contributed by atoms with Gasteiger partial charge in [-0.1, -0.05) is 18.5 Å². The van der Waals surface area contributed by atoms with E-state index in [1.807, 2.05) is 21.0 Å². The van der Waals surface area contributed by atoms with Gasteiger partial charge in [-0.25, -0.2) is 9.97 Å². The lowest BCUT2D eigenvalue weighted by molar-refractivity contribution is 0.110.